The fourth-order valence-corrected chi connectivity index (χ4v) is 8.23. The van der Waals surface area contributed by atoms with Crippen molar-refractivity contribution in [2.45, 2.75) is 95.0 Å². The van der Waals surface area contributed by atoms with Crippen molar-refractivity contribution < 1.29 is 23.1 Å². The SMILES string of the molecule is CC(=O)N1C2CCC(C3CCCC(S(=O)(=O)NCCO)C3)CC2N(C(=O)C2CC2)C[C@@H]1C. The smallest absolute Gasteiger partial charge is 0.226 e. The molecule has 4 fully saturated rings. The van der Waals surface area contributed by atoms with Crippen LogP contribution in [0.1, 0.15) is 71.6 Å². The molecule has 4 aliphatic rings. The maximum absolute atomic E-state index is 13.1. The molecular formula is C23H39N3O5S. The number of fused-ring (bicyclic) bond motifs is 1. The number of nitrogens with one attached hydrogen (secondary N) is 1. The molecule has 0 bridgehead atoms. The normalized spacial score (nSPS) is 36.0. The highest BCUT2D eigenvalue weighted by molar-refractivity contribution is 7.90. The van der Waals surface area contributed by atoms with E-state index >= 15 is 0 Å². The van der Waals surface area contributed by atoms with Crippen LogP contribution in [0.3, 0.4) is 0 Å². The monoisotopic (exact) mass is 469 g/mol. The van der Waals surface area contributed by atoms with Gasteiger partial charge in [0.15, 0.2) is 0 Å². The van der Waals surface area contributed by atoms with Crippen LogP contribution in [0.4, 0.5) is 0 Å². The van der Waals surface area contributed by atoms with E-state index in [0.717, 1.165) is 44.9 Å². The summed E-state index contributed by atoms with van der Waals surface area (Å²) in [6.07, 6.45) is 7.90. The molecule has 0 aromatic heterocycles. The molecule has 4 rings (SSSR count). The summed E-state index contributed by atoms with van der Waals surface area (Å²) in [5, 5.41) is 8.59. The molecule has 8 nitrogen and oxygen atoms in total. The molecule has 0 spiro atoms. The second kappa shape index (κ2) is 9.58. The minimum absolute atomic E-state index is 0.0369. The lowest BCUT2D eigenvalue weighted by molar-refractivity contribution is -0.155. The van der Waals surface area contributed by atoms with E-state index in [1.165, 1.54) is 0 Å². The van der Waals surface area contributed by atoms with Crippen molar-refractivity contribution in [1.82, 2.24) is 14.5 Å². The van der Waals surface area contributed by atoms with Gasteiger partial charge in [-0.1, -0.05) is 12.8 Å². The van der Waals surface area contributed by atoms with Crippen molar-refractivity contribution >= 4 is 21.8 Å². The number of piperazine rings is 1. The highest BCUT2D eigenvalue weighted by atomic mass is 32.2. The Morgan fingerprint density at radius 1 is 1.00 bits per heavy atom. The van der Waals surface area contributed by atoms with E-state index in [9.17, 15) is 18.0 Å². The molecule has 32 heavy (non-hydrogen) atoms. The van der Waals surface area contributed by atoms with Crippen LogP contribution in [0.25, 0.3) is 0 Å². The van der Waals surface area contributed by atoms with Gasteiger partial charge in [0.2, 0.25) is 21.8 Å². The van der Waals surface area contributed by atoms with Gasteiger partial charge < -0.3 is 14.9 Å². The van der Waals surface area contributed by atoms with E-state index in [-0.39, 0.29) is 49.0 Å². The number of carbonyl (C=O) groups is 2. The van der Waals surface area contributed by atoms with Crippen molar-refractivity contribution in [1.29, 1.82) is 0 Å². The summed E-state index contributed by atoms with van der Waals surface area (Å²) in [6.45, 7) is 4.15. The van der Waals surface area contributed by atoms with Gasteiger partial charge in [-0.3, -0.25) is 9.59 Å². The van der Waals surface area contributed by atoms with Gasteiger partial charge in [-0.25, -0.2) is 13.1 Å². The molecule has 0 aromatic carbocycles. The number of carbonyl (C=O) groups excluding carboxylic acids is 2. The van der Waals surface area contributed by atoms with Crippen molar-refractivity contribution in [2.75, 3.05) is 19.7 Å². The summed E-state index contributed by atoms with van der Waals surface area (Å²) >= 11 is 0. The number of rotatable bonds is 6. The first kappa shape index (κ1) is 24.0. The van der Waals surface area contributed by atoms with Crippen molar-refractivity contribution in [3.63, 3.8) is 0 Å². The Bertz CT molecular complexity index is 814. The minimum Gasteiger partial charge on any atom is -0.395 e. The first-order chi connectivity index (χ1) is 15.2. The van der Waals surface area contributed by atoms with Gasteiger partial charge in [0.1, 0.15) is 0 Å². The summed E-state index contributed by atoms with van der Waals surface area (Å²) in [5.74, 6) is 1.21. The molecule has 1 aliphatic heterocycles. The number of sulfonamides is 1. The number of amides is 2. The highest BCUT2D eigenvalue weighted by Crippen LogP contribution is 2.45. The Balaban J connectivity index is 1.49. The average Bonchev–Trinajstić information content (AvgIpc) is 3.61. The van der Waals surface area contributed by atoms with Gasteiger partial charge in [0, 0.05) is 32.0 Å². The van der Waals surface area contributed by atoms with E-state index in [2.05, 4.69) is 9.62 Å². The molecular weight excluding hydrogens is 430 g/mol. The topological polar surface area (TPSA) is 107 Å². The van der Waals surface area contributed by atoms with Crippen LogP contribution >= 0.6 is 0 Å². The Morgan fingerprint density at radius 3 is 2.38 bits per heavy atom. The van der Waals surface area contributed by atoms with Gasteiger partial charge >= 0.3 is 0 Å². The Morgan fingerprint density at radius 2 is 1.72 bits per heavy atom. The first-order valence-corrected chi connectivity index (χ1v) is 14.0. The lowest BCUT2D eigenvalue weighted by Crippen LogP contribution is -2.67. The van der Waals surface area contributed by atoms with Gasteiger partial charge in [0.25, 0.3) is 0 Å². The number of aliphatic hydroxyl groups excluding tert-OH is 1. The van der Waals surface area contributed by atoms with Crippen molar-refractivity contribution in [3.8, 4) is 0 Å². The molecule has 2 N–H and O–H groups in total. The summed E-state index contributed by atoms with van der Waals surface area (Å²) in [6, 6.07) is 0.158. The average molecular weight is 470 g/mol. The molecule has 3 saturated carbocycles. The third-order valence-corrected chi connectivity index (χ3v) is 10.2. The number of nitrogens with zero attached hydrogens (tertiary/aromatic N) is 2. The van der Waals surface area contributed by atoms with Gasteiger partial charge in [-0.05, 0) is 63.7 Å². The lowest BCUT2D eigenvalue weighted by Gasteiger charge is -2.55. The summed E-state index contributed by atoms with van der Waals surface area (Å²) in [5.41, 5.74) is 0. The van der Waals surface area contributed by atoms with E-state index in [1.807, 2.05) is 11.8 Å². The van der Waals surface area contributed by atoms with E-state index < -0.39 is 15.3 Å². The molecule has 5 unspecified atom stereocenters. The second-order valence-electron chi connectivity index (χ2n) is 10.5. The number of hydrogen-bond acceptors (Lipinski definition) is 5. The van der Waals surface area contributed by atoms with E-state index in [0.29, 0.717) is 31.2 Å². The first-order valence-electron chi connectivity index (χ1n) is 12.4. The molecule has 182 valence electrons. The molecule has 0 radical (unpaired) electrons. The van der Waals surface area contributed by atoms with Gasteiger partial charge in [-0.2, -0.15) is 0 Å². The van der Waals surface area contributed by atoms with Crippen LogP contribution in [-0.4, -0.2) is 78.2 Å². The fourth-order valence-electron chi connectivity index (χ4n) is 6.64. The second-order valence-corrected chi connectivity index (χ2v) is 12.5. The predicted octanol–water partition coefficient (Wildman–Crippen LogP) is 1.48. The fraction of sp³-hybridized carbons (Fsp3) is 0.913. The van der Waals surface area contributed by atoms with Crippen LogP contribution in [0.15, 0.2) is 0 Å². The van der Waals surface area contributed by atoms with Crippen LogP contribution < -0.4 is 4.72 Å². The molecule has 1 heterocycles. The highest BCUT2D eigenvalue weighted by Gasteiger charge is 2.49. The van der Waals surface area contributed by atoms with Gasteiger partial charge in [0.05, 0.1) is 23.9 Å². The summed E-state index contributed by atoms with van der Waals surface area (Å²) in [7, 11) is -3.42. The Hall–Kier alpha value is -1.19. The largest absolute Gasteiger partial charge is 0.395 e. The van der Waals surface area contributed by atoms with Crippen LogP contribution in [-0.2, 0) is 19.6 Å². The number of hydrogen-bond donors (Lipinski definition) is 2. The predicted molar refractivity (Wildman–Crippen MR) is 121 cm³/mol. The third-order valence-electron chi connectivity index (χ3n) is 8.28. The van der Waals surface area contributed by atoms with Crippen LogP contribution in [0, 0.1) is 17.8 Å². The molecule has 0 aromatic rings. The molecule has 3 aliphatic carbocycles. The minimum atomic E-state index is -3.42. The third kappa shape index (κ3) is 4.85. The Kier molecular flexibility index (Phi) is 7.17. The quantitative estimate of drug-likeness (QED) is 0.613. The van der Waals surface area contributed by atoms with Crippen LogP contribution in [0.2, 0.25) is 0 Å². The summed E-state index contributed by atoms with van der Waals surface area (Å²) < 4.78 is 27.9. The van der Waals surface area contributed by atoms with Crippen LogP contribution in [0.5, 0.6) is 0 Å². The summed E-state index contributed by atoms with van der Waals surface area (Å²) in [4.78, 5) is 29.6. The number of aliphatic hydroxyl groups is 1. The maximum Gasteiger partial charge on any atom is 0.226 e. The zero-order chi connectivity index (χ0) is 23.0. The van der Waals surface area contributed by atoms with E-state index in [4.69, 9.17) is 5.11 Å². The Labute approximate surface area is 192 Å². The van der Waals surface area contributed by atoms with E-state index in [1.54, 1.807) is 6.92 Å². The zero-order valence-electron chi connectivity index (χ0n) is 19.4. The lowest BCUT2D eigenvalue weighted by atomic mass is 9.69. The standard InChI is InChI=1S/C23H39N3O5S/c1-15-14-25(23(29)17-6-7-17)22-13-19(8-9-21(22)26(15)16(2)28)18-4-3-5-20(12-18)32(30,31)24-10-11-27/h15,17-22,24,27H,3-14H2,1-2H3/t15-,18?,19?,20?,21?,22?/m0/s1. The van der Waals surface area contributed by atoms with Crippen molar-refractivity contribution in [3.05, 3.63) is 0 Å². The molecule has 1 saturated heterocycles. The maximum atomic E-state index is 13.1. The molecule has 2 amide bonds. The molecule has 6 atom stereocenters. The zero-order valence-corrected chi connectivity index (χ0v) is 20.2. The van der Waals surface area contributed by atoms with Crippen molar-refractivity contribution in [2.24, 2.45) is 17.8 Å². The molecule has 9 heteroatoms. The van der Waals surface area contributed by atoms with Gasteiger partial charge in [-0.15, -0.1) is 0 Å².